The summed E-state index contributed by atoms with van der Waals surface area (Å²) in [7, 11) is 1.57. The number of likely N-dealkylation sites (N-methyl/N-ethyl adjacent to an activating group) is 1. The number of carbonyl (C=O) groups excluding carboxylic acids is 2. The van der Waals surface area contributed by atoms with Crippen molar-refractivity contribution < 1.29 is 19.1 Å². The zero-order valence-corrected chi connectivity index (χ0v) is 31.4. The highest BCUT2D eigenvalue weighted by Gasteiger charge is 2.20. The molecule has 274 valence electrons. The van der Waals surface area contributed by atoms with E-state index in [-0.39, 0.29) is 24.1 Å². The largest absolute Gasteiger partial charge is 0.487 e. The van der Waals surface area contributed by atoms with Crippen LogP contribution in [0.1, 0.15) is 33.8 Å². The third-order valence-corrected chi connectivity index (χ3v) is 9.25. The van der Waals surface area contributed by atoms with E-state index in [1.807, 2.05) is 80.6 Å². The van der Waals surface area contributed by atoms with Crippen molar-refractivity contribution in [1.82, 2.24) is 25.3 Å². The highest BCUT2D eigenvalue weighted by molar-refractivity contribution is 6.38. The highest BCUT2D eigenvalue weighted by Crippen LogP contribution is 2.36. The Morgan fingerprint density at radius 2 is 1.70 bits per heavy atom. The first-order valence-corrected chi connectivity index (χ1v) is 17.8. The molecule has 54 heavy (non-hydrogen) atoms. The lowest BCUT2D eigenvalue weighted by atomic mass is 10.1. The number of anilines is 2. The van der Waals surface area contributed by atoms with Crippen LogP contribution in [-0.2, 0) is 29.3 Å². The number of hydrogen-bond acceptors (Lipinski definition) is 9. The van der Waals surface area contributed by atoms with Crippen molar-refractivity contribution in [3.8, 4) is 11.5 Å². The smallest absolute Gasteiger partial charge is 0.246 e. The van der Waals surface area contributed by atoms with E-state index in [4.69, 9.17) is 37.7 Å². The van der Waals surface area contributed by atoms with Gasteiger partial charge in [-0.2, -0.15) is 0 Å². The summed E-state index contributed by atoms with van der Waals surface area (Å²) >= 11 is 13.4. The van der Waals surface area contributed by atoms with Gasteiger partial charge in [-0.1, -0.05) is 41.4 Å². The first-order chi connectivity index (χ1) is 26.2. The molecular weight excluding hydrogens is 725 g/mol. The molecule has 0 radical (unpaired) electrons. The molecule has 0 saturated carbocycles. The summed E-state index contributed by atoms with van der Waals surface area (Å²) in [6, 6.07) is 24.0. The summed E-state index contributed by atoms with van der Waals surface area (Å²) in [4.78, 5) is 44.8. The molecule has 2 N–H and O–H groups in total. The number of carbonyl (C=O) groups is 2. The van der Waals surface area contributed by atoms with Crippen molar-refractivity contribution in [2.45, 2.75) is 33.6 Å². The predicted molar refractivity (Wildman–Crippen MR) is 212 cm³/mol. The molecule has 0 aliphatic carbocycles. The van der Waals surface area contributed by atoms with E-state index < -0.39 is 5.91 Å². The summed E-state index contributed by atoms with van der Waals surface area (Å²) < 4.78 is 12.4. The third kappa shape index (κ3) is 9.49. The number of fused-ring (bicyclic) bond motifs is 1. The van der Waals surface area contributed by atoms with Crippen molar-refractivity contribution in [3.05, 3.63) is 147 Å². The standard InChI is InChI=1S/C41H37Cl2N7O4/c1-26-20-36(53-24-30-9-4-5-18-45-30)31-10-6-11-35(41(31)49-26)54-25-32-33(42)14-15-34(40(32)43)50(3)39(52)23-48-38(51)17-13-28-12-16-37(46-21-28)47-22-29-8-7-19-44-27(29)2/h4-21H,22-25H2,1-3H3,(H,46,47)(H,48,51)/b17-13+. The molecule has 0 bridgehead atoms. The summed E-state index contributed by atoms with van der Waals surface area (Å²) in [5.74, 6) is 1.03. The number of halogens is 2. The molecule has 0 fully saturated rings. The van der Waals surface area contributed by atoms with Crippen molar-refractivity contribution in [2.75, 3.05) is 23.8 Å². The van der Waals surface area contributed by atoms with Crippen molar-refractivity contribution in [3.63, 3.8) is 0 Å². The minimum absolute atomic E-state index is 0.00397. The minimum atomic E-state index is -0.438. The summed E-state index contributed by atoms with van der Waals surface area (Å²) in [6.07, 6.45) is 8.11. The summed E-state index contributed by atoms with van der Waals surface area (Å²) in [6.45, 7) is 4.48. The maximum Gasteiger partial charge on any atom is 0.246 e. The molecule has 4 aromatic heterocycles. The zero-order chi connectivity index (χ0) is 38.0. The van der Waals surface area contributed by atoms with Gasteiger partial charge in [-0.15, -0.1) is 0 Å². The third-order valence-electron chi connectivity index (χ3n) is 8.47. The van der Waals surface area contributed by atoms with Crippen molar-refractivity contribution in [2.24, 2.45) is 0 Å². The molecule has 0 saturated heterocycles. The number of aromatic nitrogens is 4. The minimum Gasteiger partial charge on any atom is -0.487 e. The molecule has 0 aliphatic rings. The second-order valence-corrected chi connectivity index (χ2v) is 13.0. The average molecular weight is 763 g/mol. The Balaban J connectivity index is 1.05. The van der Waals surface area contributed by atoms with Gasteiger partial charge in [0.15, 0.2) is 0 Å². The van der Waals surface area contributed by atoms with E-state index in [0.717, 1.165) is 33.6 Å². The van der Waals surface area contributed by atoms with E-state index in [1.54, 1.807) is 43.8 Å². The quantitative estimate of drug-likeness (QED) is 0.106. The molecule has 4 heterocycles. The molecule has 2 aromatic carbocycles. The molecule has 6 rings (SSSR count). The van der Waals surface area contributed by atoms with Gasteiger partial charge in [0, 0.05) is 71.7 Å². The van der Waals surface area contributed by atoms with Crippen LogP contribution >= 0.6 is 23.2 Å². The van der Waals surface area contributed by atoms with E-state index in [1.165, 1.54) is 11.0 Å². The molecule has 13 heteroatoms. The normalized spacial score (nSPS) is 11.1. The van der Waals surface area contributed by atoms with Crippen LogP contribution in [0, 0.1) is 13.8 Å². The predicted octanol–water partition coefficient (Wildman–Crippen LogP) is 7.91. The Kier molecular flexibility index (Phi) is 12.3. The lowest BCUT2D eigenvalue weighted by molar-refractivity contribution is -0.122. The van der Waals surface area contributed by atoms with Gasteiger partial charge in [0.2, 0.25) is 11.8 Å². The Hall–Kier alpha value is -6.04. The second-order valence-electron chi connectivity index (χ2n) is 12.3. The van der Waals surface area contributed by atoms with Crippen molar-refractivity contribution >= 4 is 63.5 Å². The van der Waals surface area contributed by atoms with Gasteiger partial charge in [0.25, 0.3) is 0 Å². The number of nitrogens with zero attached hydrogens (tertiary/aromatic N) is 5. The fourth-order valence-electron chi connectivity index (χ4n) is 5.46. The maximum atomic E-state index is 13.1. The number of nitrogens with one attached hydrogen (secondary N) is 2. The molecule has 11 nitrogen and oxygen atoms in total. The monoisotopic (exact) mass is 761 g/mol. The Labute approximate surface area is 323 Å². The van der Waals surface area contributed by atoms with Crippen molar-refractivity contribution in [1.29, 1.82) is 0 Å². The zero-order valence-electron chi connectivity index (χ0n) is 29.8. The molecule has 0 atom stereocenters. The Morgan fingerprint density at radius 1 is 0.870 bits per heavy atom. The van der Waals surface area contributed by atoms with Gasteiger partial charge in [-0.05, 0) is 85.6 Å². The first-order valence-electron chi connectivity index (χ1n) is 17.0. The SMILES string of the molecule is Cc1cc(OCc2ccccn2)c2cccc(OCc3c(Cl)ccc(N(C)C(=O)CNC(=O)/C=C/c4ccc(NCc5cccnc5C)nc4)c3Cl)c2n1. The van der Waals surface area contributed by atoms with Gasteiger partial charge < -0.3 is 25.0 Å². The molecule has 6 aromatic rings. The van der Waals surface area contributed by atoms with Crippen LogP contribution in [0.3, 0.4) is 0 Å². The number of benzene rings is 2. The molecule has 2 amide bonds. The lowest BCUT2D eigenvalue weighted by Gasteiger charge is -2.21. The number of ether oxygens (including phenoxy) is 2. The fraction of sp³-hybridized carbons (Fsp3) is 0.171. The van der Waals surface area contributed by atoms with Gasteiger partial charge >= 0.3 is 0 Å². The molecule has 0 aliphatic heterocycles. The lowest BCUT2D eigenvalue weighted by Crippen LogP contribution is -2.37. The van der Waals surface area contributed by atoms with Crippen LogP contribution in [-0.4, -0.2) is 45.3 Å². The molecule has 0 unspecified atom stereocenters. The maximum absolute atomic E-state index is 13.1. The number of hydrogen-bond donors (Lipinski definition) is 2. The van der Waals surface area contributed by atoms with Crippen LogP contribution in [0.25, 0.3) is 17.0 Å². The fourth-order valence-corrected chi connectivity index (χ4v) is 6.06. The number of para-hydroxylation sites is 1. The van der Waals surface area contributed by atoms with Crippen LogP contribution in [0.5, 0.6) is 11.5 Å². The highest BCUT2D eigenvalue weighted by atomic mass is 35.5. The van der Waals surface area contributed by atoms with Crippen LogP contribution in [0.15, 0.2) is 104 Å². The first kappa shape index (κ1) is 37.7. The topological polar surface area (TPSA) is 131 Å². The molecular formula is C41H37Cl2N7O4. The van der Waals surface area contributed by atoms with E-state index in [0.29, 0.717) is 52.3 Å². The number of pyridine rings is 4. The Bertz CT molecular complexity index is 2300. The summed E-state index contributed by atoms with van der Waals surface area (Å²) in [5, 5.41) is 7.28. The van der Waals surface area contributed by atoms with Gasteiger partial charge in [-0.3, -0.25) is 19.6 Å². The number of aryl methyl sites for hydroxylation is 2. The van der Waals surface area contributed by atoms with Gasteiger partial charge in [0.1, 0.15) is 36.0 Å². The van der Waals surface area contributed by atoms with E-state index in [2.05, 4.69) is 25.6 Å². The van der Waals surface area contributed by atoms with Crippen LogP contribution < -0.4 is 25.0 Å². The van der Waals surface area contributed by atoms with Gasteiger partial charge in [0.05, 0.1) is 22.9 Å². The number of amides is 2. The van der Waals surface area contributed by atoms with E-state index in [9.17, 15) is 9.59 Å². The van der Waals surface area contributed by atoms with Crippen LogP contribution in [0.4, 0.5) is 11.5 Å². The average Bonchev–Trinajstić information content (AvgIpc) is 3.18. The second kappa shape index (κ2) is 17.7. The van der Waals surface area contributed by atoms with Gasteiger partial charge in [-0.25, -0.2) is 9.97 Å². The Morgan fingerprint density at radius 3 is 2.48 bits per heavy atom. The number of rotatable bonds is 14. The van der Waals surface area contributed by atoms with Crippen LogP contribution in [0.2, 0.25) is 10.0 Å². The molecule has 0 spiro atoms. The van der Waals surface area contributed by atoms with E-state index >= 15 is 0 Å². The summed E-state index contributed by atoms with van der Waals surface area (Å²) in [5.41, 5.74) is 5.82.